The SMILES string of the molecule is O=C([O-])[C@@H](Nc1ccccc1F)c1cccs1. The number of rotatable bonds is 4. The third kappa shape index (κ3) is 2.62. The Morgan fingerprint density at radius 3 is 2.65 bits per heavy atom. The molecular weight excluding hydrogens is 241 g/mol. The molecule has 0 saturated carbocycles. The lowest BCUT2D eigenvalue weighted by Gasteiger charge is -2.19. The topological polar surface area (TPSA) is 52.2 Å². The van der Waals surface area contributed by atoms with Gasteiger partial charge in [-0.15, -0.1) is 11.3 Å². The molecule has 1 aromatic heterocycles. The molecule has 0 unspecified atom stereocenters. The molecule has 0 amide bonds. The third-order valence-electron chi connectivity index (χ3n) is 2.24. The first-order valence-corrected chi connectivity index (χ1v) is 5.82. The Morgan fingerprint density at radius 2 is 2.06 bits per heavy atom. The molecule has 2 aromatic rings. The molecule has 0 radical (unpaired) electrons. The molecule has 2 rings (SSSR count). The number of carbonyl (C=O) groups excluding carboxylic acids is 1. The van der Waals surface area contributed by atoms with Crippen molar-refractivity contribution in [3.8, 4) is 0 Å². The summed E-state index contributed by atoms with van der Waals surface area (Å²) in [6.07, 6.45) is 0. The molecule has 0 fully saturated rings. The van der Waals surface area contributed by atoms with Gasteiger partial charge in [0.1, 0.15) is 11.9 Å². The van der Waals surface area contributed by atoms with Crippen molar-refractivity contribution in [2.75, 3.05) is 5.32 Å². The van der Waals surface area contributed by atoms with Gasteiger partial charge in [0, 0.05) is 4.88 Å². The molecule has 0 spiro atoms. The minimum atomic E-state index is -1.28. The average molecular weight is 250 g/mol. The third-order valence-corrected chi connectivity index (χ3v) is 3.17. The fourth-order valence-corrected chi connectivity index (χ4v) is 2.20. The van der Waals surface area contributed by atoms with Gasteiger partial charge in [0.25, 0.3) is 0 Å². The van der Waals surface area contributed by atoms with Gasteiger partial charge in [-0.05, 0) is 23.6 Å². The quantitative estimate of drug-likeness (QED) is 0.900. The van der Waals surface area contributed by atoms with Crippen LogP contribution in [0, 0.1) is 5.82 Å². The van der Waals surface area contributed by atoms with Crippen molar-refractivity contribution in [2.24, 2.45) is 0 Å². The second-order valence-corrected chi connectivity index (χ2v) is 4.37. The summed E-state index contributed by atoms with van der Waals surface area (Å²) in [7, 11) is 0. The molecule has 0 saturated heterocycles. The van der Waals surface area contributed by atoms with Crippen LogP contribution in [-0.2, 0) is 4.79 Å². The number of carboxylic acid groups (broad SMARTS) is 1. The van der Waals surface area contributed by atoms with Crippen LogP contribution in [0.5, 0.6) is 0 Å². The second kappa shape index (κ2) is 4.97. The van der Waals surface area contributed by atoms with Crippen molar-refractivity contribution in [1.29, 1.82) is 0 Å². The summed E-state index contributed by atoms with van der Waals surface area (Å²) in [5.41, 5.74) is 0.148. The number of carbonyl (C=O) groups is 1. The normalized spacial score (nSPS) is 12.1. The summed E-state index contributed by atoms with van der Waals surface area (Å²) in [4.78, 5) is 11.6. The predicted molar refractivity (Wildman–Crippen MR) is 62.1 cm³/mol. The Morgan fingerprint density at radius 1 is 1.29 bits per heavy atom. The minimum absolute atomic E-state index is 0.148. The summed E-state index contributed by atoms with van der Waals surface area (Å²) in [5.74, 6) is -1.77. The Hall–Kier alpha value is -1.88. The van der Waals surface area contributed by atoms with Crippen LogP contribution in [-0.4, -0.2) is 5.97 Å². The number of carboxylic acids is 1. The van der Waals surface area contributed by atoms with E-state index in [4.69, 9.17) is 0 Å². The van der Waals surface area contributed by atoms with Crippen molar-refractivity contribution in [3.05, 3.63) is 52.5 Å². The van der Waals surface area contributed by atoms with E-state index >= 15 is 0 Å². The number of hydrogen-bond donors (Lipinski definition) is 1. The van der Waals surface area contributed by atoms with E-state index in [2.05, 4.69) is 5.32 Å². The number of anilines is 1. The zero-order valence-corrected chi connectivity index (χ0v) is 9.54. The van der Waals surface area contributed by atoms with Gasteiger partial charge in [0.05, 0.1) is 11.7 Å². The van der Waals surface area contributed by atoms with E-state index in [0.717, 1.165) is 0 Å². The Balaban J connectivity index is 2.26. The van der Waals surface area contributed by atoms with Crippen LogP contribution in [0.4, 0.5) is 10.1 Å². The van der Waals surface area contributed by atoms with Crippen LogP contribution < -0.4 is 10.4 Å². The summed E-state index contributed by atoms with van der Waals surface area (Å²) in [5, 5.41) is 15.4. The highest BCUT2D eigenvalue weighted by Crippen LogP contribution is 2.24. The lowest BCUT2D eigenvalue weighted by atomic mass is 10.2. The lowest BCUT2D eigenvalue weighted by molar-refractivity contribution is -0.307. The molecule has 5 heteroatoms. The van der Waals surface area contributed by atoms with Crippen LogP contribution in [0.15, 0.2) is 41.8 Å². The highest BCUT2D eigenvalue weighted by Gasteiger charge is 2.15. The van der Waals surface area contributed by atoms with Crippen molar-refractivity contribution in [1.82, 2.24) is 0 Å². The van der Waals surface area contributed by atoms with Crippen LogP contribution in [0.1, 0.15) is 10.9 Å². The van der Waals surface area contributed by atoms with E-state index in [1.165, 1.54) is 23.5 Å². The van der Waals surface area contributed by atoms with E-state index in [9.17, 15) is 14.3 Å². The molecule has 1 N–H and O–H groups in total. The lowest BCUT2D eigenvalue weighted by Crippen LogP contribution is -2.34. The molecule has 0 aliphatic rings. The molecular formula is C12H9FNO2S-. The van der Waals surface area contributed by atoms with Gasteiger partial charge in [-0.25, -0.2) is 4.39 Å². The van der Waals surface area contributed by atoms with Crippen molar-refractivity contribution in [3.63, 3.8) is 0 Å². The van der Waals surface area contributed by atoms with Gasteiger partial charge in [-0.2, -0.15) is 0 Å². The number of nitrogens with one attached hydrogen (secondary N) is 1. The largest absolute Gasteiger partial charge is 0.547 e. The average Bonchev–Trinajstić information content (AvgIpc) is 2.81. The summed E-state index contributed by atoms with van der Waals surface area (Å²) in [6, 6.07) is 8.29. The number of hydrogen-bond acceptors (Lipinski definition) is 4. The highest BCUT2D eigenvalue weighted by atomic mass is 32.1. The molecule has 0 aliphatic heterocycles. The van der Waals surface area contributed by atoms with Gasteiger partial charge in [-0.3, -0.25) is 0 Å². The molecule has 0 bridgehead atoms. The summed E-state index contributed by atoms with van der Waals surface area (Å²) in [6.45, 7) is 0. The first-order chi connectivity index (χ1) is 8.18. The zero-order valence-electron chi connectivity index (χ0n) is 8.72. The molecule has 88 valence electrons. The van der Waals surface area contributed by atoms with Gasteiger partial charge < -0.3 is 15.2 Å². The number of para-hydroxylation sites is 1. The molecule has 1 atom stereocenters. The Labute approximate surface area is 102 Å². The summed E-state index contributed by atoms with van der Waals surface area (Å²) < 4.78 is 13.4. The first kappa shape index (κ1) is 11.6. The molecule has 1 aromatic carbocycles. The minimum Gasteiger partial charge on any atom is -0.547 e. The fourth-order valence-electron chi connectivity index (χ4n) is 1.44. The van der Waals surface area contributed by atoms with Crippen LogP contribution in [0.2, 0.25) is 0 Å². The fraction of sp³-hybridized carbons (Fsp3) is 0.0833. The molecule has 0 aliphatic carbocycles. The van der Waals surface area contributed by atoms with Crippen molar-refractivity contribution < 1.29 is 14.3 Å². The molecule has 17 heavy (non-hydrogen) atoms. The van der Waals surface area contributed by atoms with Crippen molar-refractivity contribution >= 4 is 23.0 Å². The first-order valence-electron chi connectivity index (χ1n) is 4.94. The van der Waals surface area contributed by atoms with E-state index in [0.29, 0.717) is 4.88 Å². The predicted octanol–water partition coefficient (Wildman–Crippen LogP) is 1.79. The van der Waals surface area contributed by atoms with Gasteiger partial charge in [-0.1, -0.05) is 18.2 Å². The molecule has 3 nitrogen and oxygen atoms in total. The number of halogens is 1. The van der Waals surface area contributed by atoms with Gasteiger partial charge in [0.2, 0.25) is 0 Å². The second-order valence-electron chi connectivity index (χ2n) is 3.39. The van der Waals surface area contributed by atoms with E-state index < -0.39 is 17.8 Å². The van der Waals surface area contributed by atoms with Crippen LogP contribution in [0.25, 0.3) is 0 Å². The maximum Gasteiger partial charge on any atom is 0.146 e. The smallest absolute Gasteiger partial charge is 0.146 e. The highest BCUT2D eigenvalue weighted by molar-refractivity contribution is 7.10. The van der Waals surface area contributed by atoms with E-state index in [1.54, 1.807) is 29.6 Å². The molecule has 1 heterocycles. The number of thiophene rings is 1. The van der Waals surface area contributed by atoms with Crippen LogP contribution >= 0.6 is 11.3 Å². The van der Waals surface area contributed by atoms with Crippen LogP contribution in [0.3, 0.4) is 0 Å². The van der Waals surface area contributed by atoms with Gasteiger partial charge >= 0.3 is 0 Å². The summed E-state index contributed by atoms with van der Waals surface area (Å²) >= 11 is 1.28. The monoisotopic (exact) mass is 250 g/mol. The number of aliphatic carboxylic acids is 1. The Bertz CT molecular complexity index is 513. The van der Waals surface area contributed by atoms with Crippen molar-refractivity contribution in [2.45, 2.75) is 6.04 Å². The standard InChI is InChI=1S/C12H10FNO2S/c13-8-4-1-2-5-9(8)14-11(12(15)16)10-6-3-7-17-10/h1-7,11,14H,(H,15,16)/p-1/t11-/m0/s1. The number of benzene rings is 1. The maximum absolute atomic E-state index is 13.4. The van der Waals surface area contributed by atoms with Gasteiger partial charge in [0.15, 0.2) is 0 Å². The Kier molecular flexibility index (Phi) is 3.39. The zero-order chi connectivity index (χ0) is 12.3. The van der Waals surface area contributed by atoms with E-state index in [-0.39, 0.29) is 5.69 Å². The maximum atomic E-state index is 13.4. The van der Waals surface area contributed by atoms with E-state index in [1.807, 2.05) is 0 Å².